The van der Waals surface area contributed by atoms with Crippen molar-refractivity contribution in [1.29, 1.82) is 0 Å². The SMILES string of the molecule is CC(C)n1cnc2nc(COc3ccc(NC(=O)c4cccc(F)c4)cc3)cc(=O)n21. The first kappa shape index (κ1) is 20.3. The average Bonchev–Trinajstić information content (AvgIpc) is 3.18. The topological polar surface area (TPSA) is 90.5 Å². The molecule has 31 heavy (non-hydrogen) atoms. The number of aromatic nitrogens is 4. The lowest BCUT2D eigenvalue weighted by molar-refractivity contribution is 0.102. The van der Waals surface area contributed by atoms with Crippen LogP contribution in [0.4, 0.5) is 10.1 Å². The van der Waals surface area contributed by atoms with Gasteiger partial charge in [-0.1, -0.05) is 6.07 Å². The van der Waals surface area contributed by atoms with E-state index < -0.39 is 11.7 Å². The van der Waals surface area contributed by atoms with Crippen molar-refractivity contribution in [2.75, 3.05) is 5.32 Å². The maximum atomic E-state index is 13.3. The third-order valence-corrected chi connectivity index (χ3v) is 4.57. The molecule has 4 rings (SSSR count). The molecule has 8 nitrogen and oxygen atoms in total. The predicted octanol–water partition coefficient (Wildman–Crippen LogP) is 3.44. The monoisotopic (exact) mass is 421 g/mol. The van der Waals surface area contributed by atoms with Gasteiger partial charge in [-0.2, -0.15) is 9.50 Å². The molecule has 0 aliphatic carbocycles. The Morgan fingerprint density at radius 1 is 1.16 bits per heavy atom. The zero-order valence-electron chi connectivity index (χ0n) is 16.9. The van der Waals surface area contributed by atoms with Crippen molar-refractivity contribution in [2.45, 2.75) is 26.5 Å². The van der Waals surface area contributed by atoms with Gasteiger partial charge < -0.3 is 10.1 Å². The highest BCUT2D eigenvalue weighted by atomic mass is 19.1. The molecule has 0 spiro atoms. The van der Waals surface area contributed by atoms with Gasteiger partial charge in [-0.25, -0.2) is 9.37 Å². The molecule has 1 amide bonds. The van der Waals surface area contributed by atoms with E-state index in [2.05, 4.69) is 15.3 Å². The van der Waals surface area contributed by atoms with E-state index >= 15 is 0 Å². The Morgan fingerprint density at radius 2 is 1.94 bits per heavy atom. The normalized spacial score (nSPS) is 11.1. The highest BCUT2D eigenvalue weighted by Crippen LogP contribution is 2.18. The molecular weight excluding hydrogens is 401 g/mol. The van der Waals surface area contributed by atoms with Crippen LogP contribution in [0.3, 0.4) is 0 Å². The summed E-state index contributed by atoms with van der Waals surface area (Å²) in [6.07, 6.45) is 1.58. The first-order valence-electron chi connectivity index (χ1n) is 9.66. The molecular formula is C22H20FN5O3. The van der Waals surface area contributed by atoms with E-state index in [0.717, 1.165) is 0 Å². The van der Waals surface area contributed by atoms with Crippen molar-refractivity contribution in [3.63, 3.8) is 0 Å². The van der Waals surface area contributed by atoms with Crippen LogP contribution in [0.1, 0.15) is 35.9 Å². The molecule has 0 unspecified atom stereocenters. The molecule has 158 valence electrons. The smallest absolute Gasteiger partial charge is 0.274 e. The fourth-order valence-electron chi connectivity index (χ4n) is 3.04. The Kier molecular flexibility index (Phi) is 5.48. The zero-order valence-corrected chi connectivity index (χ0v) is 16.9. The fourth-order valence-corrected chi connectivity index (χ4v) is 3.04. The second-order valence-corrected chi connectivity index (χ2v) is 7.19. The van der Waals surface area contributed by atoms with Crippen LogP contribution in [0.15, 0.2) is 65.7 Å². The number of benzene rings is 2. The van der Waals surface area contributed by atoms with Gasteiger partial charge in [-0.15, -0.1) is 0 Å². The molecule has 0 bridgehead atoms. The van der Waals surface area contributed by atoms with Gasteiger partial charge in [-0.3, -0.25) is 14.3 Å². The summed E-state index contributed by atoms with van der Waals surface area (Å²) in [5.74, 6) is -0.0283. The Bertz CT molecular complexity index is 1290. The Morgan fingerprint density at radius 3 is 2.65 bits per heavy atom. The van der Waals surface area contributed by atoms with Crippen molar-refractivity contribution in [1.82, 2.24) is 19.2 Å². The standard InChI is InChI=1S/C22H20FN5O3/c1-14(2)27-13-24-22-26-18(11-20(29)28(22)27)12-31-19-8-6-17(7-9-19)25-21(30)15-4-3-5-16(23)10-15/h3-11,13-14H,12H2,1-2H3,(H,25,30). The summed E-state index contributed by atoms with van der Waals surface area (Å²) < 4.78 is 22.1. The van der Waals surface area contributed by atoms with Gasteiger partial charge in [0.05, 0.1) is 5.69 Å². The molecule has 2 aromatic heterocycles. The minimum atomic E-state index is -0.473. The Labute approximate surface area is 176 Å². The second-order valence-electron chi connectivity index (χ2n) is 7.19. The van der Waals surface area contributed by atoms with Gasteiger partial charge in [0.2, 0.25) is 0 Å². The number of nitrogens with one attached hydrogen (secondary N) is 1. The molecule has 4 aromatic rings. The van der Waals surface area contributed by atoms with Crippen LogP contribution in [0.25, 0.3) is 5.78 Å². The lowest BCUT2D eigenvalue weighted by atomic mass is 10.2. The van der Waals surface area contributed by atoms with E-state index in [1.165, 1.54) is 34.8 Å². The number of rotatable bonds is 6. The van der Waals surface area contributed by atoms with E-state index in [4.69, 9.17) is 4.74 Å². The van der Waals surface area contributed by atoms with E-state index in [-0.39, 0.29) is 23.8 Å². The molecule has 0 radical (unpaired) electrons. The molecule has 0 aliphatic rings. The predicted molar refractivity (Wildman–Crippen MR) is 113 cm³/mol. The van der Waals surface area contributed by atoms with Crippen LogP contribution in [-0.4, -0.2) is 25.1 Å². The molecule has 0 aliphatic heterocycles. The van der Waals surface area contributed by atoms with Crippen molar-refractivity contribution in [3.8, 4) is 5.75 Å². The number of amides is 1. The Balaban J connectivity index is 1.41. The molecule has 2 heterocycles. The zero-order chi connectivity index (χ0) is 22.0. The van der Waals surface area contributed by atoms with Crippen LogP contribution >= 0.6 is 0 Å². The lowest BCUT2D eigenvalue weighted by Gasteiger charge is -2.10. The van der Waals surface area contributed by atoms with Crippen LogP contribution in [0, 0.1) is 5.82 Å². The number of anilines is 1. The van der Waals surface area contributed by atoms with Gasteiger partial charge in [0.1, 0.15) is 24.5 Å². The van der Waals surface area contributed by atoms with Crippen molar-refractivity contribution < 1.29 is 13.9 Å². The number of nitrogens with zero attached hydrogens (tertiary/aromatic N) is 4. The third-order valence-electron chi connectivity index (χ3n) is 4.57. The number of carbonyl (C=O) groups excluding carboxylic acids is 1. The summed E-state index contributed by atoms with van der Waals surface area (Å²) >= 11 is 0. The molecule has 0 fully saturated rings. The fraction of sp³-hybridized carbons (Fsp3) is 0.182. The minimum Gasteiger partial charge on any atom is -0.487 e. The quantitative estimate of drug-likeness (QED) is 0.515. The first-order chi connectivity index (χ1) is 14.9. The molecule has 2 aromatic carbocycles. The molecule has 0 saturated heterocycles. The van der Waals surface area contributed by atoms with E-state index in [9.17, 15) is 14.0 Å². The van der Waals surface area contributed by atoms with E-state index in [1.54, 1.807) is 35.3 Å². The van der Waals surface area contributed by atoms with Crippen LogP contribution < -0.4 is 15.6 Å². The molecule has 0 saturated carbocycles. The summed E-state index contributed by atoms with van der Waals surface area (Å²) in [6.45, 7) is 4.00. The van der Waals surface area contributed by atoms with Crippen molar-refractivity contribution >= 4 is 17.4 Å². The highest BCUT2D eigenvalue weighted by molar-refractivity contribution is 6.04. The van der Waals surface area contributed by atoms with Crippen LogP contribution in [0.2, 0.25) is 0 Å². The van der Waals surface area contributed by atoms with Crippen molar-refractivity contribution in [2.24, 2.45) is 0 Å². The largest absolute Gasteiger partial charge is 0.487 e. The number of ether oxygens (including phenoxy) is 1. The summed E-state index contributed by atoms with van der Waals surface area (Å²) in [4.78, 5) is 33.2. The number of hydrogen-bond donors (Lipinski definition) is 1. The lowest BCUT2D eigenvalue weighted by Crippen LogP contribution is -2.23. The molecule has 9 heteroatoms. The number of halogens is 1. The van der Waals surface area contributed by atoms with Crippen LogP contribution in [0.5, 0.6) is 5.75 Å². The van der Waals surface area contributed by atoms with Gasteiger partial charge in [0, 0.05) is 23.4 Å². The maximum Gasteiger partial charge on any atom is 0.274 e. The minimum absolute atomic E-state index is 0.0755. The molecule has 0 atom stereocenters. The Hall–Kier alpha value is -4.01. The number of fused-ring (bicyclic) bond motifs is 1. The van der Waals surface area contributed by atoms with Gasteiger partial charge in [0.25, 0.3) is 17.2 Å². The summed E-state index contributed by atoms with van der Waals surface area (Å²) in [7, 11) is 0. The van der Waals surface area contributed by atoms with Gasteiger partial charge in [0.15, 0.2) is 0 Å². The second kappa shape index (κ2) is 8.39. The summed E-state index contributed by atoms with van der Waals surface area (Å²) in [5, 5.41) is 2.70. The summed E-state index contributed by atoms with van der Waals surface area (Å²) in [5.41, 5.74) is 0.999. The third kappa shape index (κ3) is 4.45. The van der Waals surface area contributed by atoms with Crippen molar-refractivity contribution in [3.05, 3.63) is 88.4 Å². The number of hydrogen-bond acceptors (Lipinski definition) is 5. The van der Waals surface area contributed by atoms with Crippen LogP contribution in [-0.2, 0) is 6.61 Å². The van der Waals surface area contributed by atoms with E-state index in [1.807, 2.05) is 13.8 Å². The molecule has 1 N–H and O–H groups in total. The van der Waals surface area contributed by atoms with Gasteiger partial charge >= 0.3 is 0 Å². The van der Waals surface area contributed by atoms with E-state index in [0.29, 0.717) is 22.9 Å². The maximum absolute atomic E-state index is 13.3. The highest BCUT2D eigenvalue weighted by Gasteiger charge is 2.11. The number of carbonyl (C=O) groups is 1. The first-order valence-corrected chi connectivity index (χ1v) is 9.66. The summed E-state index contributed by atoms with van der Waals surface area (Å²) in [6, 6.07) is 13.7. The average molecular weight is 421 g/mol. The van der Waals surface area contributed by atoms with Gasteiger partial charge in [-0.05, 0) is 56.3 Å².